The number of rotatable bonds is 7. The second kappa shape index (κ2) is 10.0. The number of hydrogen-bond acceptors (Lipinski definition) is 5. The first kappa shape index (κ1) is 20.1. The predicted octanol–water partition coefficient (Wildman–Crippen LogP) is 3.90. The number of ether oxygens (including phenoxy) is 1. The first-order chi connectivity index (χ1) is 13.6. The third kappa shape index (κ3) is 6.20. The number of benzene rings is 1. The van der Waals surface area contributed by atoms with Gasteiger partial charge in [0, 0.05) is 0 Å². The molecule has 0 radical (unpaired) electrons. The Kier molecular flexibility index (Phi) is 7.19. The lowest BCUT2D eigenvalue weighted by Crippen LogP contribution is -2.29. The zero-order valence-electron chi connectivity index (χ0n) is 16.6. The van der Waals surface area contributed by atoms with Gasteiger partial charge < -0.3 is 15.4 Å². The molecule has 0 spiro atoms. The van der Waals surface area contributed by atoms with Crippen LogP contribution in [0.15, 0.2) is 30.6 Å². The van der Waals surface area contributed by atoms with E-state index < -0.39 is 0 Å². The van der Waals surface area contributed by atoms with Crippen LogP contribution in [-0.2, 0) is 0 Å². The zero-order chi connectivity index (χ0) is 19.8. The lowest BCUT2D eigenvalue weighted by molar-refractivity contribution is 0.261. The number of aryl methyl sites for hydroxylation is 2. The van der Waals surface area contributed by atoms with Crippen LogP contribution in [0, 0.1) is 19.8 Å². The van der Waals surface area contributed by atoms with Gasteiger partial charge in [-0.3, -0.25) is 10.3 Å². The minimum Gasteiger partial charge on any atom is -0.491 e. The van der Waals surface area contributed by atoms with E-state index in [1.807, 2.05) is 32.0 Å². The molecule has 1 unspecified atom stereocenters. The van der Waals surface area contributed by atoms with Crippen molar-refractivity contribution in [3.8, 4) is 5.75 Å². The molecule has 2 aromatic rings. The summed E-state index contributed by atoms with van der Waals surface area (Å²) in [6, 6.07) is 5.41. The molecule has 7 nitrogen and oxygen atoms in total. The number of anilines is 2. The van der Waals surface area contributed by atoms with Gasteiger partial charge in [-0.15, -0.1) is 0 Å². The standard InChI is InChI=1S/C21H29N5O2/c1-15-7-8-19(28-10-4-6-17-5-3-9-22-13-17)18(11-15)25-21(27)26-20-14-23-16(2)12-24-20/h7-8,11-12,14,17,22H,3-6,9-10,13H2,1-2H3,(H2,24,25,26,27). The van der Waals surface area contributed by atoms with Crippen LogP contribution in [0.5, 0.6) is 5.75 Å². The normalized spacial score (nSPS) is 16.4. The molecule has 1 aliphatic heterocycles. The third-order valence-corrected chi connectivity index (χ3v) is 4.82. The number of carbonyl (C=O) groups excluding carboxylic acids is 1. The Morgan fingerprint density at radius 2 is 2.14 bits per heavy atom. The van der Waals surface area contributed by atoms with E-state index >= 15 is 0 Å². The number of nitrogens with zero attached hydrogens (tertiary/aromatic N) is 2. The Morgan fingerprint density at radius 3 is 2.89 bits per heavy atom. The van der Waals surface area contributed by atoms with E-state index in [1.54, 1.807) is 6.20 Å². The molecule has 3 N–H and O–H groups in total. The van der Waals surface area contributed by atoms with Crippen molar-refractivity contribution in [3.63, 3.8) is 0 Å². The molecule has 1 aromatic heterocycles. The van der Waals surface area contributed by atoms with Crippen LogP contribution in [0.1, 0.15) is 36.9 Å². The summed E-state index contributed by atoms with van der Waals surface area (Å²) in [6.45, 7) is 6.72. The molecule has 28 heavy (non-hydrogen) atoms. The summed E-state index contributed by atoms with van der Waals surface area (Å²) >= 11 is 0. The molecule has 0 aliphatic carbocycles. The number of nitrogens with one attached hydrogen (secondary N) is 3. The second-order valence-corrected chi connectivity index (χ2v) is 7.32. The number of piperidine rings is 1. The van der Waals surface area contributed by atoms with Gasteiger partial charge >= 0.3 is 6.03 Å². The summed E-state index contributed by atoms with van der Waals surface area (Å²) in [5.41, 5.74) is 2.49. The maximum absolute atomic E-state index is 12.3. The van der Waals surface area contributed by atoms with E-state index in [2.05, 4.69) is 25.9 Å². The fourth-order valence-corrected chi connectivity index (χ4v) is 3.32. The maximum atomic E-state index is 12.3. The van der Waals surface area contributed by atoms with Crippen molar-refractivity contribution in [2.75, 3.05) is 30.3 Å². The van der Waals surface area contributed by atoms with Crippen LogP contribution < -0.4 is 20.7 Å². The molecule has 0 bridgehead atoms. The highest BCUT2D eigenvalue weighted by atomic mass is 16.5. The number of urea groups is 1. The van der Waals surface area contributed by atoms with Crippen LogP contribution in [0.3, 0.4) is 0 Å². The van der Waals surface area contributed by atoms with Crippen molar-refractivity contribution in [3.05, 3.63) is 41.9 Å². The van der Waals surface area contributed by atoms with E-state index in [-0.39, 0.29) is 6.03 Å². The molecule has 1 saturated heterocycles. The maximum Gasteiger partial charge on any atom is 0.324 e. The lowest BCUT2D eigenvalue weighted by atomic mass is 9.95. The Bertz CT molecular complexity index is 773. The molecular weight excluding hydrogens is 354 g/mol. The highest BCUT2D eigenvalue weighted by molar-refractivity contribution is 6.00. The first-order valence-corrected chi connectivity index (χ1v) is 9.91. The van der Waals surface area contributed by atoms with Gasteiger partial charge in [0.2, 0.25) is 0 Å². The van der Waals surface area contributed by atoms with Crippen LogP contribution in [0.25, 0.3) is 0 Å². The van der Waals surface area contributed by atoms with Crippen LogP contribution in [-0.4, -0.2) is 35.7 Å². The van der Waals surface area contributed by atoms with Crippen LogP contribution in [0.2, 0.25) is 0 Å². The van der Waals surface area contributed by atoms with Gasteiger partial charge in [-0.25, -0.2) is 9.78 Å². The number of carbonyl (C=O) groups is 1. The van der Waals surface area contributed by atoms with Crippen LogP contribution >= 0.6 is 0 Å². The van der Waals surface area contributed by atoms with Crippen molar-refractivity contribution < 1.29 is 9.53 Å². The van der Waals surface area contributed by atoms with Gasteiger partial charge in [-0.1, -0.05) is 6.07 Å². The fourth-order valence-electron chi connectivity index (χ4n) is 3.32. The van der Waals surface area contributed by atoms with Crippen LogP contribution in [0.4, 0.5) is 16.3 Å². The molecule has 7 heteroatoms. The van der Waals surface area contributed by atoms with Gasteiger partial charge in [-0.2, -0.15) is 0 Å². The number of amides is 2. The van der Waals surface area contributed by atoms with Crippen molar-refractivity contribution in [1.29, 1.82) is 0 Å². The molecule has 1 atom stereocenters. The number of hydrogen-bond donors (Lipinski definition) is 3. The SMILES string of the molecule is Cc1ccc(OCCCC2CCCNC2)c(NC(=O)Nc2cnc(C)cn2)c1. The average molecular weight is 383 g/mol. The Hall–Kier alpha value is -2.67. The summed E-state index contributed by atoms with van der Waals surface area (Å²) in [4.78, 5) is 20.6. The summed E-state index contributed by atoms with van der Waals surface area (Å²) in [6.07, 6.45) is 7.87. The first-order valence-electron chi connectivity index (χ1n) is 9.91. The predicted molar refractivity (Wildman–Crippen MR) is 111 cm³/mol. The monoisotopic (exact) mass is 383 g/mol. The molecule has 150 valence electrons. The van der Waals surface area contributed by atoms with E-state index in [0.29, 0.717) is 23.9 Å². The van der Waals surface area contributed by atoms with Crippen molar-refractivity contribution >= 4 is 17.5 Å². The van der Waals surface area contributed by atoms with Crippen molar-refractivity contribution in [2.24, 2.45) is 5.92 Å². The van der Waals surface area contributed by atoms with Gasteiger partial charge in [0.15, 0.2) is 5.82 Å². The fraction of sp³-hybridized carbons (Fsp3) is 0.476. The minimum absolute atomic E-state index is 0.373. The molecular formula is C21H29N5O2. The van der Waals surface area contributed by atoms with E-state index in [4.69, 9.17) is 4.74 Å². The summed E-state index contributed by atoms with van der Waals surface area (Å²) in [7, 11) is 0. The van der Waals surface area contributed by atoms with Gasteiger partial charge in [0.05, 0.1) is 30.4 Å². The Labute approximate surface area is 166 Å². The summed E-state index contributed by atoms with van der Waals surface area (Å²) in [5, 5.41) is 8.99. The zero-order valence-corrected chi connectivity index (χ0v) is 16.6. The molecule has 1 aromatic carbocycles. The van der Waals surface area contributed by atoms with E-state index in [9.17, 15) is 4.79 Å². The largest absolute Gasteiger partial charge is 0.491 e. The molecule has 2 heterocycles. The molecule has 1 aliphatic rings. The van der Waals surface area contributed by atoms with Crippen molar-refractivity contribution in [2.45, 2.75) is 39.5 Å². The second-order valence-electron chi connectivity index (χ2n) is 7.32. The highest BCUT2D eigenvalue weighted by Gasteiger charge is 2.13. The molecule has 3 rings (SSSR count). The lowest BCUT2D eigenvalue weighted by Gasteiger charge is -2.22. The topological polar surface area (TPSA) is 88.2 Å². The quantitative estimate of drug-likeness (QED) is 0.631. The molecule has 2 amide bonds. The summed E-state index contributed by atoms with van der Waals surface area (Å²) < 4.78 is 5.96. The molecule has 0 saturated carbocycles. The minimum atomic E-state index is -0.373. The van der Waals surface area contributed by atoms with E-state index in [1.165, 1.54) is 19.0 Å². The third-order valence-electron chi connectivity index (χ3n) is 4.82. The summed E-state index contributed by atoms with van der Waals surface area (Å²) in [5.74, 6) is 1.83. The number of aromatic nitrogens is 2. The average Bonchev–Trinajstić information content (AvgIpc) is 2.69. The van der Waals surface area contributed by atoms with Gasteiger partial charge in [0.1, 0.15) is 5.75 Å². The Morgan fingerprint density at radius 1 is 1.25 bits per heavy atom. The van der Waals surface area contributed by atoms with Gasteiger partial charge in [0.25, 0.3) is 0 Å². The smallest absolute Gasteiger partial charge is 0.324 e. The Balaban J connectivity index is 1.52. The van der Waals surface area contributed by atoms with Gasteiger partial charge in [-0.05, 0) is 76.2 Å². The van der Waals surface area contributed by atoms with Crippen molar-refractivity contribution in [1.82, 2.24) is 15.3 Å². The van der Waals surface area contributed by atoms with E-state index in [0.717, 1.165) is 43.1 Å². The molecule has 1 fully saturated rings. The highest BCUT2D eigenvalue weighted by Crippen LogP contribution is 2.26.